The van der Waals surface area contributed by atoms with E-state index in [1.54, 1.807) is 43.3 Å². The first kappa shape index (κ1) is 21.9. The smallest absolute Gasteiger partial charge is 0.257 e. The number of hydrogen-bond acceptors (Lipinski definition) is 5. The van der Waals surface area contributed by atoms with E-state index in [4.69, 9.17) is 16.3 Å². The van der Waals surface area contributed by atoms with E-state index in [0.717, 1.165) is 4.31 Å². The molecule has 1 fully saturated rings. The van der Waals surface area contributed by atoms with Gasteiger partial charge in [-0.15, -0.1) is 0 Å². The van der Waals surface area contributed by atoms with Crippen molar-refractivity contribution in [3.05, 3.63) is 83.4 Å². The Hall–Kier alpha value is -3.36. The number of anilines is 2. The minimum absolute atomic E-state index is 0.0176. The summed E-state index contributed by atoms with van der Waals surface area (Å²) in [5, 5.41) is 2.78. The van der Waals surface area contributed by atoms with Gasteiger partial charge < -0.3 is 10.1 Å². The number of benzene rings is 3. The van der Waals surface area contributed by atoms with Crippen LogP contribution in [0.15, 0.2) is 72.8 Å². The molecular weight excluding hydrogens is 452 g/mol. The Morgan fingerprint density at radius 2 is 1.75 bits per heavy atom. The predicted octanol–water partition coefficient (Wildman–Crippen LogP) is 4.70. The lowest BCUT2D eigenvalue weighted by atomic mass is 10.1. The summed E-state index contributed by atoms with van der Waals surface area (Å²) in [5.74, 6) is -0.864. The maximum Gasteiger partial charge on any atom is 0.257 e. The van der Waals surface area contributed by atoms with Gasteiger partial charge in [0, 0.05) is 0 Å². The van der Waals surface area contributed by atoms with Gasteiger partial charge in [0.05, 0.1) is 33.6 Å². The molecule has 0 bridgehead atoms. The van der Waals surface area contributed by atoms with E-state index < -0.39 is 27.8 Å². The molecule has 164 valence electrons. The molecule has 0 aromatic heterocycles. The maximum absolute atomic E-state index is 12.9. The molecule has 1 aliphatic rings. The molecule has 0 unspecified atom stereocenters. The zero-order valence-electron chi connectivity index (χ0n) is 17.0. The quantitative estimate of drug-likeness (QED) is 0.583. The van der Waals surface area contributed by atoms with Crippen LogP contribution in [-0.2, 0) is 14.8 Å². The second-order valence-electron chi connectivity index (χ2n) is 7.31. The molecule has 32 heavy (non-hydrogen) atoms. The number of para-hydroxylation sites is 3. The Bertz CT molecular complexity index is 1290. The van der Waals surface area contributed by atoms with E-state index in [1.165, 1.54) is 18.2 Å². The van der Waals surface area contributed by atoms with Gasteiger partial charge >= 0.3 is 0 Å². The maximum atomic E-state index is 12.9. The molecule has 0 saturated carbocycles. The number of nitrogens with one attached hydrogen (secondary N) is 1. The largest absolute Gasteiger partial charge is 0.455 e. The van der Waals surface area contributed by atoms with Crippen LogP contribution >= 0.6 is 11.6 Å². The highest BCUT2D eigenvalue weighted by Crippen LogP contribution is 2.33. The van der Waals surface area contributed by atoms with Gasteiger partial charge in [0.25, 0.3) is 5.91 Å². The van der Waals surface area contributed by atoms with Crippen LogP contribution < -0.4 is 14.4 Å². The third-order valence-electron chi connectivity index (χ3n) is 4.90. The summed E-state index contributed by atoms with van der Waals surface area (Å²) in [6.45, 7) is 1.55. The van der Waals surface area contributed by atoms with Gasteiger partial charge in [-0.25, -0.2) is 12.7 Å². The molecule has 3 aromatic rings. The Morgan fingerprint density at radius 1 is 1.06 bits per heavy atom. The number of amides is 2. The van der Waals surface area contributed by atoms with Gasteiger partial charge in [-0.1, -0.05) is 48.9 Å². The van der Waals surface area contributed by atoms with E-state index in [-0.39, 0.29) is 22.0 Å². The van der Waals surface area contributed by atoms with Gasteiger partial charge in [-0.3, -0.25) is 9.59 Å². The second kappa shape index (κ2) is 8.64. The lowest BCUT2D eigenvalue weighted by Gasteiger charge is -2.17. The third-order valence-corrected chi connectivity index (χ3v) is 7.08. The molecule has 1 N–H and O–H groups in total. The molecular formula is C23H19ClN2O5S. The van der Waals surface area contributed by atoms with Crippen LogP contribution in [0.3, 0.4) is 0 Å². The van der Waals surface area contributed by atoms with Gasteiger partial charge in [0.2, 0.25) is 15.9 Å². The summed E-state index contributed by atoms with van der Waals surface area (Å²) in [7, 11) is -3.76. The summed E-state index contributed by atoms with van der Waals surface area (Å²) in [5.41, 5.74) is 0.670. The zero-order chi connectivity index (χ0) is 22.9. The summed E-state index contributed by atoms with van der Waals surface area (Å²) in [4.78, 5) is 25.2. The Kier molecular flexibility index (Phi) is 5.90. The lowest BCUT2D eigenvalue weighted by molar-refractivity contribution is -0.119. The van der Waals surface area contributed by atoms with Crippen LogP contribution in [0, 0.1) is 5.92 Å². The standard InChI is InChI=1S/C23H19ClN2O5S/c1-15-14-32(29,30)26(23(15)28)16-11-12-18(19(24)13-16)22(27)25-20-9-5-6-10-21(20)31-17-7-3-2-4-8-17/h2-13,15H,14H2,1H3,(H,25,27)/t15-/m1/s1. The number of nitrogens with zero attached hydrogens (tertiary/aromatic N) is 1. The van der Waals surface area contributed by atoms with E-state index in [2.05, 4.69) is 5.32 Å². The number of halogens is 1. The number of hydrogen-bond donors (Lipinski definition) is 1. The Morgan fingerprint density at radius 3 is 2.41 bits per heavy atom. The topological polar surface area (TPSA) is 92.8 Å². The van der Waals surface area contributed by atoms with Crippen LogP contribution in [0.5, 0.6) is 11.5 Å². The molecule has 2 amide bonds. The first-order valence-corrected chi connectivity index (χ1v) is 11.7. The van der Waals surface area contributed by atoms with Crippen LogP contribution in [0.1, 0.15) is 17.3 Å². The van der Waals surface area contributed by atoms with Crippen molar-refractivity contribution >= 4 is 44.8 Å². The Labute approximate surface area is 190 Å². The second-order valence-corrected chi connectivity index (χ2v) is 9.58. The fourth-order valence-corrected chi connectivity index (χ4v) is 5.44. The first-order chi connectivity index (χ1) is 15.3. The number of carbonyl (C=O) groups excluding carboxylic acids is 2. The van der Waals surface area contributed by atoms with E-state index >= 15 is 0 Å². The molecule has 0 spiro atoms. The molecule has 0 radical (unpaired) electrons. The lowest BCUT2D eigenvalue weighted by Crippen LogP contribution is -2.30. The Balaban J connectivity index is 1.57. The van der Waals surface area contributed by atoms with Crippen molar-refractivity contribution in [2.24, 2.45) is 5.92 Å². The van der Waals surface area contributed by atoms with Gasteiger partial charge in [-0.05, 0) is 42.5 Å². The number of rotatable bonds is 5. The molecule has 4 rings (SSSR count). The van der Waals surface area contributed by atoms with Crippen LogP contribution in [0.4, 0.5) is 11.4 Å². The highest BCUT2D eigenvalue weighted by Gasteiger charge is 2.42. The van der Waals surface area contributed by atoms with Crippen molar-refractivity contribution in [2.75, 3.05) is 15.4 Å². The van der Waals surface area contributed by atoms with Crippen LogP contribution in [-0.4, -0.2) is 26.0 Å². The van der Waals surface area contributed by atoms with E-state index in [9.17, 15) is 18.0 Å². The van der Waals surface area contributed by atoms with Gasteiger partial charge in [0.1, 0.15) is 5.75 Å². The normalized spacial score (nSPS) is 17.2. The summed E-state index contributed by atoms with van der Waals surface area (Å²) in [6.07, 6.45) is 0. The minimum Gasteiger partial charge on any atom is -0.455 e. The molecule has 9 heteroatoms. The molecule has 1 atom stereocenters. The molecule has 1 aliphatic heterocycles. The number of sulfonamides is 1. The SMILES string of the molecule is C[C@@H]1CS(=O)(=O)N(c2ccc(C(=O)Nc3ccccc3Oc3ccccc3)c(Cl)c2)C1=O. The van der Waals surface area contributed by atoms with Crippen molar-refractivity contribution in [2.45, 2.75) is 6.92 Å². The number of ether oxygens (including phenoxy) is 1. The van der Waals surface area contributed by atoms with E-state index in [0.29, 0.717) is 17.2 Å². The van der Waals surface area contributed by atoms with E-state index in [1.807, 2.05) is 18.2 Å². The molecule has 0 aliphatic carbocycles. The van der Waals surface area contributed by atoms with Crippen molar-refractivity contribution in [1.29, 1.82) is 0 Å². The van der Waals surface area contributed by atoms with Crippen LogP contribution in [0.2, 0.25) is 5.02 Å². The average molecular weight is 471 g/mol. The summed E-state index contributed by atoms with van der Waals surface area (Å²) in [6, 6.07) is 20.2. The van der Waals surface area contributed by atoms with Gasteiger partial charge in [-0.2, -0.15) is 0 Å². The highest BCUT2D eigenvalue weighted by atomic mass is 35.5. The predicted molar refractivity (Wildman–Crippen MR) is 123 cm³/mol. The minimum atomic E-state index is -3.76. The van der Waals surface area contributed by atoms with Crippen molar-refractivity contribution in [1.82, 2.24) is 0 Å². The fraction of sp³-hybridized carbons (Fsp3) is 0.130. The molecule has 3 aromatic carbocycles. The zero-order valence-corrected chi connectivity index (χ0v) is 18.6. The van der Waals surface area contributed by atoms with Gasteiger partial charge in [0.15, 0.2) is 5.75 Å². The number of carbonyl (C=O) groups is 2. The van der Waals surface area contributed by atoms with Crippen molar-refractivity contribution < 1.29 is 22.7 Å². The van der Waals surface area contributed by atoms with Crippen molar-refractivity contribution in [3.8, 4) is 11.5 Å². The summed E-state index contributed by atoms with van der Waals surface area (Å²) >= 11 is 6.29. The third kappa shape index (κ3) is 4.32. The molecule has 1 heterocycles. The molecule has 1 saturated heterocycles. The monoisotopic (exact) mass is 470 g/mol. The summed E-state index contributed by atoms with van der Waals surface area (Å²) < 4.78 is 31.2. The average Bonchev–Trinajstić information content (AvgIpc) is 2.96. The fourth-order valence-electron chi connectivity index (χ4n) is 3.37. The first-order valence-electron chi connectivity index (χ1n) is 9.76. The molecule has 7 nitrogen and oxygen atoms in total. The highest BCUT2D eigenvalue weighted by molar-refractivity contribution is 7.94. The van der Waals surface area contributed by atoms with Crippen molar-refractivity contribution in [3.63, 3.8) is 0 Å². The van der Waals surface area contributed by atoms with Crippen LogP contribution in [0.25, 0.3) is 0 Å².